The predicted molar refractivity (Wildman–Crippen MR) is 80.0 cm³/mol. The number of sulfonamides is 1. The summed E-state index contributed by atoms with van der Waals surface area (Å²) in [6, 6.07) is 0.349. The van der Waals surface area contributed by atoms with Crippen molar-refractivity contribution in [2.24, 2.45) is 0 Å². The summed E-state index contributed by atoms with van der Waals surface area (Å²) in [5.41, 5.74) is 0. The number of unbranched alkanes of at least 4 members (excludes halogenated alkanes) is 1. The highest BCUT2D eigenvalue weighted by Crippen LogP contribution is 2.15. The first-order valence-corrected chi connectivity index (χ1v) is 9.02. The second-order valence-electron chi connectivity index (χ2n) is 5.28. The van der Waals surface area contributed by atoms with Crippen LogP contribution in [0.15, 0.2) is 0 Å². The molecule has 0 radical (unpaired) electrons. The first-order chi connectivity index (χ1) is 9.45. The number of amides is 1. The van der Waals surface area contributed by atoms with Crippen LogP contribution in [0.4, 0.5) is 0 Å². The fraction of sp³-hybridized carbons (Fsp3) is 0.923. The quantitative estimate of drug-likeness (QED) is 0.633. The summed E-state index contributed by atoms with van der Waals surface area (Å²) in [5.74, 6) is 0.244. The van der Waals surface area contributed by atoms with Gasteiger partial charge in [-0.25, -0.2) is 12.7 Å². The van der Waals surface area contributed by atoms with E-state index in [1.807, 2.05) is 6.92 Å². The van der Waals surface area contributed by atoms with E-state index in [0.717, 1.165) is 32.2 Å². The van der Waals surface area contributed by atoms with E-state index in [2.05, 4.69) is 10.6 Å². The van der Waals surface area contributed by atoms with Crippen LogP contribution in [0.3, 0.4) is 0 Å². The van der Waals surface area contributed by atoms with Gasteiger partial charge in [-0.2, -0.15) is 0 Å². The van der Waals surface area contributed by atoms with Gasteiger partial charge in [0.15, 0.2) is 0 Å². The van der Waals surface area contributed by atoms with Crippen LogP contribution in [0.2, 0.25) is 0 Å². The second-order valence-corrected chi connectivity index (χ2v) is 7.37. The van der Waals surface area contributed by atoms with Crippen LogP contribution in [0.25, 0.3) is 0 Å². The summed E-state index contributed by atoms with van der Waals surface area (Å²) in [6.07, 6.45) is 3.31. The molecular weight excluding hydrogens is 278 g/mol. The van der Waals surface area contributed by atoms with Crippen molar-refractivity contribution in [3.05, 3.63) is 0 Å². The Morgan fingerprint density at radius 1 is 1.25 bits per heavy atom. The van der Waals surface area contributed by atoms with Gasteiger partial charge in [0.05, 0.1) is 5.75 Å². The number of carbonyl (C=O) groups is 1. The van der Waals surface area contributed by atoms with Crippen LogP contribution in [0.5, 0.6) is 0 Å². The molecule has 0 bridgehead atoms. The Morgan fingerprint density at radius 2 is 1.90 bits per heavy atom. The Bertz CT molecular complexity index is 390. The molecule has 0 atom stereocenters. The minimum absolute atomic E-state index is 0.0244. The first kappa shape index (κ1) is 17.4. The highest BCUT2D eigenvalue weighted by molar-refractivity contribution is 7.89. The summed E-state index contributed by atoms with van der Waals surface area (Å²) in [6.45, 7) is 6.05. The molecule has 20 heavy (non-hydrogen) atoms. The van der Waals surface area contributed by atoms with Crippen LogP contribution < -0.4 is 10.6 Å². The van der Waals surface area contributed by atoms with Gasteiger partial charge in [0.2, 0.25) is 15.9 Å². The van der Waals surface area contributed by atoms with Crippen molar-refractivity contribution in [1.82, 2.24) is 14.9 Å². The molecule has 0 spiro atoms. The molecule has 0 saturated carbocycles. The average molecular weight is 305 g/mol. The Balaban J connectivity index is 2.24. The van der Waals surface area contributed by atoms with Gasteiger partial charge in [-0.1, -0.05) is 13.3 Å². The molecule has 1 fully saturated rings. The fourth-order valence-corrected chi connectivity index (χ4v) is 3.99. The molecule has 2 N–H and O–H groups in total. The summed E-state index contributed by atoms with van der Waals surface area (Å²) in [5, 5.41) is 6.09. The molecule has 6 nitrogen and oxygen atoms in total. The van der Waals surface area contributed by atoms with E-state index in [-0.39, 0.29) is 11.7 Å². The molecule has 1 heterocycles. The van der Waals surface area contributed by atoms with Crippen molar-refractivity contribution in [3.8, 4) is 0 Å². The molecule has 1 aliphatic rings. The number of nitrogens with zero attached hydrogens (tertiary/aromatic N) is 1. The SMILES string of the molecule is CCCCS(=O)(=O)N1CCC(NCCNC(C)=O)CC1. The number of carbonyl (C=O) groups excluding carboxylic acids is 1. The summed E-state index contributed by atoms with van der Waals surface area (Å²) in [4.78, 5) is 10.7. The largest absolute Gasteiger partial charge is 0.355 e. The summed E-state index contributed by atoms with van der Waals surface area (Å²) >= 11 is 0. The molecule has 1 rings (SSSR count). The maximum absolute atomic E-state index is 12.0. The van der Waals surface area contributed by atoms with Gasteiger partial charge in [0.1, 0.15) is 0 Å². The van der Waals surface area contributed by atoms with Gasteiger partial charge in [0.25, 0.3) is 0 Å². The zero-order valence-corrected chi connectivity index (χ0v) is 13.3. The maximum Gasteiger partial charge on any atom is 0.216 e. The Labute approximate surface area is 122 Å². The highest BCUT2D eigenvalue weighted by atomic mass is 32.2. The fourth-order valence-electron chi connectivity index (χ4n) is 2.31. The lowest BCUT2D eigenvalue weighted by Crippen LogP contribution is -2.46. The van der Waals surface area contributed by atoms with Crippen molar-refractivity contribution in [1.29, 1.82) is 0 Å². The molecule has 0 aliphatic carbocycles. The molecule has 1 amide bonds. The van der Waals surface area contributed by atoms with Gasteiger partial charge in [-0.05, 0) is 19.3 Å². The second kappa shape index (κ2) is 8.59. The van der Waals surface area contributed by atoms with Crippen LogP contribution in [-0.4, -0.2) is 56.6 Å². The molecule has 0 unspecified atom stereocenters. The van der Waals surface area contributed by atoms with Crippen molar-refractivity contribution < 1.29 is 13.2 Å². The predicted octanol–water partition coefficient (Wildman–Crippen LogP) is 0.306. The van der Waals surface area contributed by atoms with Crippen molar-refractivity contribution in [2.75, 3.05) is 31.9 Å². The van der Waals surface area contributed by atoms with Crippen LogP contribution >= 0.6 is 0 Å². The minimum Gasteiger partial charge on any atom is -0.355 e. The standard InChI is InChI=1S/C13H27N3O3S/c1-3-4-11-20(18,19)16-9-5-13(6-10-16)15-8-7-14-12(2)17/h13,15H,3-11H2,1-2H3,(H,14,17). The van der Waals surface area contributed by atoms with Crippen molar-refractivity contribution in [2.45, 2.75) is 45.6 Å². The van der Waals surface area contributed by atoms with E-state index >= 15 is 0 Å². The summed E-state index contributed by atoms with van der Waals surface area (Å²) in [7, 11) is -3.06. The van der Waals surface area contributed by atoms with E-state index in [0.29, 0.717) is 25.7 Å². The van der Waals surface area contributed by atoms with E-state index in [1.165, 1.54) is 6.92 Å². The topological polar surface area (TPSA) is 78.5 Å². The Hall–Kier alpha value is -0.660. The number of hydrogen-bond donors (Lipinski definition) is 2. The van der Waals surface area contributed by atoms with Crippen LogP contribution in [0.1, 0.15) is 39.5 Å². The normalized spacial score (nSPS) is 18.1. The number of nitrogens with one attached hydrogen (secondary N) is 2. The molecule has 7 heteroatoms. The smallest absolute Gasteiger partial charge is 0.216 e. The third-order valence-corrected chi connectivity index (χ3v) is 5.49. The van der Waals surface area contributed by atoms with Gasteiger partial charge in [-0.15, -0.1) is 0 Å². The third kappa shape index (κ3) is 6.19. The lowest BCUT2D eigenvalue weighted by molar-refractivity contribution is -0.118. The van der Waals surface area contributed by atoms with Gasteiger partial charge in [0, 0.05) is 39.1 Å². The Kier molecular flexibility index (Phi) is 7.47. The van der Waals surface area contributed by atoms with Gasteiger partial charge in [-0.3, -0.25) is 4.79 Å². The minimum atomic E-state index is -3.06. The molecule has 0 aromatic rings. The van der Waals surface area contributed by atoms with Crippen molar-refractivity contribution in [3.63, 3.8) is 0 Å². The van der Waals surface area contributed by atoms with E-state index in [9.17, 15) is 13.2 Å². The molecular formula is C13H27N3O3S. The molecule has 0 aromatic heterocycles. The van der Waals surface area contributed by atoms with Gasteiger partial charge >= 0.3 is 0 Å². The summed E-state index contributed by atoms with van der Waals surface area (Å²) < 4.78 is 25.7. The van der Waals surface area contributed by atoms with Crippen molar-refractivity contribution >= 4 is 15.9 Å². The monoisotopic (exact) mass is 305 g/mol. The number of hydrogen-bond acceptors (Lipinski definition) is 4. The van der Waals surface area contributed by atoms with Crippen LogP contribution in [-0.2, 0) is 14.8 Å². The molecule has 118 valence electrons. The molecule has 0 aromatic carbocycles. The third-order valence-electron chi connectivity index (χ3n) is 3.54. The molecule has 1 aliphatic heterocycles. The lowest BCUT2D eigenvalue weighted by atomic mass is 10.1. The zero-order chi connectivity index (χ0) is 15.0. The Morgan fingerprint density at radius 3 is 2.45 bits per heavy atom. The van der Waals surface area contributed by atoms with E-state index in [4.69, 9.17) is 0 Å². The number of rotatable bonds is 8. The van der Waals surface area contributed by atoms with E-state index < -0.39 is 10.0 Å². The van der Waals surface area contributed by atoms with E-state index in [1.54, 1.807) is 4.31 Å². The molecule has 1 saturated heterocycles. The lowest BCUT2D eigenvalue weighted by Gasteiger charge is -2.31. The maximum atomic E-state index is 12.0. The van der Waals surface area contributed by atoms with Crippen LogP contribution in [0, 0.1) is 0 Å². The average Bonchev–Trinajstić information content (AvgIpc) is 2.42. The van der Waals surface area contributed by atoms with Gasteiger partial charge < -0.3 is 10.6 Å². The number of piperidine rings is 1. The first-order valence-electron chi connectivity index (χ1n) is 7.41. The zero-order valence-electron chi connectivity index (χ0n) is 12.5. The highest BCUT2D eigenvalue weighted by Gasteiger charge is 2.26.